The van der Waals surface area contributed by atoms with Crippen LogP contribution in [0.5, 0.6) is 0 Å². The van der Waals surface area contributed by atoms with Crippen LogP contribution in [0.15, 0.2) is 36.4 Å². The van der Waals surface area contributed by atoms with Gasteiger partial charge in [-0.05, 0) is 75.1 Å². The Morgan fingerprint density at radius 3 is 2.94 bits per heavy atom. The average molecular weight is 422 g/mol. The normalized spacial score (nSPS) is 19.6. The number of unbranched alkanes of at least 4 members (excludes halogenated alkanes) is 1. The van der Waals surface area contributed by atoms with Crippen LogP contribution < -0.4 is 5.32 Å². The average Bonchev–Trinajstić information content (AvgIpc) is 3.22. The minimum atomic E-state index is -0.151. The molecule has 1 aromatic carbocycles. The first kappa shape index (κ1) is 22.0. The van der Waals surface area contributed by atoms with E-state index in [0.717, 1.165) is 69.7 Å². The van der Waals surface area contributed by atoms with Crippen LogP contribution in [0.25, 0.3) is 0 Å². The van der Waals surface area contributed by atoms with Gasteiger partial charge in [-0.2, -0.15) is 0 Å². The Balaban J connectivity index is 1.21. The monoisotopic (exact) mass is 421 g/mol. The summed E-state index contributed by atoms with van der Waals surface area (Å²) in [5.74, 6) is 1.30. The topological polar surface area (TPSA) is 54.5 Å². The van der Waals surface area contributed by atoms with Gasteiger partial charge in [0.1, 0.15) is 5.82 Å². The predicted molar refractivity (Wildman–Crippen MR) is 125 cm³/mol. The Bertz CT molecular complexity index is 884. The van der Waals surface area contributed by atoms with Crippen molar-refractivity contribution in [2.75, 3.05) is 31.6 Å². The number of anilines is 1. The summed E-state index contributed by atoms with van der Waals surface area (Å²) >= 11 is 0. The fourth-order valence-corrected chi connectivity index (χ4v) is 4.95. The van der Waals surface area contributed by atoms with Crippen LogP contribution in [0, 0.1) is 6.92 Å². The molecule has 2 atom stereocenters. The fourth-order valence-electron chi connectivity index (χ4n) is 4.95. The molecule has 166 valence electrons. The molecule has 0 aliphatic carbocycles. The maximum atomic E-state index is 12.3. The second-order valence-corrected chi connectivity index (χ2v) is 8.95. The molecular weight excluding hydrogens is 386 g/mol. The molecule has 5 heteroatoms. The molecule has 0 saturated carbocycles. The molecule has 3 heterocycles. The molecule has 0 amide bonds. The van der Waals surface area contributed by atoms with Crippen molar-refractivity contribution in [2.24, 2.45) is 0 Å². The smallest absolute Gasteiger partial charge is 0.151 e. The van der Waals surface area contributed by atoms with Crippen molar-refractivity contribution >= 4 is 11.6 Å². The van der Waals surface area contributed by atoms with E-state index in [-0.39, 0.29) is 17.9 Å². The van der Waals surface area contributed by atoms with Crippen molar-refractivity contribution in [3.8, 4) is 0 Å². The molecule has 5 nitrogen and oxygen atoms in total. The van der Waals surface area contributed by atoms with E-state index in [9.17, 15) is 4.79 Å². The van der Waals surface area contributed by atoms with E-state index in [2.05, 4.69) is 23.2 Å². The molecule has 2 aliphatic heterocycles. The Labute approximate surface area is 186 Å². The highest BCUT2D eigenvalue weighted by atomic mass is 16.5. The molecule has 1 N–H and O–H groups in total. The lowest BCUT2D eigenvalue weighted by Crippen LogP contribution is -2.32. The molecule has 0 spiro atoms. The molecule has 1 fully saturated rings. The molecule has 1 aromatic heterocycles. The van der Waals surface area contributed by atoms with E-state index in [1.807, 2.05) is 30.3 Å². The van der Waals surface area contributed by atoms with Crippen LogP contribution >= 0.6 is 0 Å². The predicted octanol–water partition coefficient (Wildman–Crippen LogP) is 4.49. The second kappa shape index (κ2) is 10.4. The summed E-state index contributed by atoms with van der Waals surface area (Å²) in [6.07, 6.45) is 6.67. The molecule has 0 radical (unpaired) electrons. The zero-order valence-corrected chi connectivity index (χ0v) is 18.9. The van der Waals surface area contributed by atoms with E-state index < -0.39 is 0 Å². The number of fused-ring (bicyclic) bond motifs is 1. The molecule has 4 rings (SSSR count). The summed E-state index contributed by atoms with van der Waals surface area (Å²) in [7, 11) is 0. The van der Waals surface area contributed by atoms with Gasteiger partial charge < -0.3 is 10.1 Å². The Kier molecular flexibility index (Phi) is 7.36. The number of aryl methyl sites for hydroxylation is 2. The molecule has 2 aromatic rings. The number of nitrogens with one attached hydrogen (secondary N) is 1. The van der Waals surface area contributed by atoms with E-state index in [4.69, 9.17) is 9.72 Å². The lowest BCUT2D eigenvalue weighted by molar-refractivity contribution is -0.122. The number of nitrogens with zero attached hydrogens (tertiary/aromatic N) is 2. The van der Waals surface area contributed by atoms with Gasteiger partial charge in [0.05, 0.1) is 12.1 Å². The van der Waals surface area contributed by atoms with Gasteiger partial charge in [-0.1, -0.05) is 30.3 Å². The number of carbonyl (C=O) groups excluding carboxylic acids is 1. The van der Waals surface area contributed by atoms with Gasteiger partial charge in [-0.3, -0.25) is 9.69 Å². The lowest BCUT2D eigenvalue weighted by Gasteiger charge is -2.26. The third kappa shape index (κ3) is 5.52. The van der Waals surface area contributed by atoms with Crippen LogP contribution in [0.1, 0.15) is 61.0 Å². The number of hydrogen-bond acceptors (Lipinski definition) is 5. The van der Waals surface area contributed by atoms with Crippen molar-refractivity contribution in [1.82, 2.24) is 9.88 Å². The number of ether oxygens (including phenoxy) is 1. The van der Waals surface area contributed by atoms with E-state index in [0.29, 0.717) is 0 Å². The third-order valence-corrected chi connectivity index (χ3v) is 6.52. The summed E-state index contributed by atoms with van der Waals surface area (Å²) in [6.45, 7) is 7.44. The highest BCUT2D eigenvalue weighted by Crippen LogP contribution is 2.27. The Morgan fingerprint density at radius 1 is 1.29 bits per heavy atom. The quantitative estimate of drug-likeness (QED) is 0.605. The highest BCUT2D eigenvalue weighted by Gasteiger charge is 2.32. The second-order valence-electron chi connectivity index (χ2n) is 8.95. The van der Waals surface area contributed by atoms with Crippen LogP contribution in [0.3, 0.4) is 0 Å². The maximum absolute atomic E-state index is 12.3. The summed E-state index contributed by atoms with van der Waals surface area (Å²) < 4.78 is 6.17. The van der Waals surface area contributed by atoms with Crippen molar-refractivity contribution < 1.29 is 9.53 Å². The summed E-state index contributed by atoms with van der Waals surface area (Å²) in [6, 6.07) is 12.2. The molecule has 0 unspecified atom stereocenters. The Morgan fingerprint density at radius 2 is 2.13 bits per heavy atom. The standard InChI is InChI=1S/C26H35N3O2/c1-19-17-22(28-26-24(19)12-8-14-27-26)11-6-7-16-31-23-13-15-29(18-23)25(20(2)30)21-9-4-3-5-10-21/h3-5,9-10,17,23,25H,6-8,11-16,18H2,1-2H3,(H,27,28)/t23-,25-/m1/s1. The number of benzene rings is 1. The van der Waals surface area contributed by atoms with Gasteiger partial charge >= 0.3 is 0 Å². The number of Topliss-reactive ketones (excluding diaryl/α,β-unsaturated/α-hetero) is 1. The third-order valence-electron chi connectivity index (χ3n) is 6.52. The number of aromatic nitrogens is 1. The van der Waals surface area contributed by atoms with Crippen LogP contribution in [-0.4, -0.2) is 48.0 Å². The van der Waals surface area contributed by atoms with Crippen LogP contribution in [0.2, 0.25) is 0 Å². The minimum Gasteiger partial charge on any atom is -0.377 e. The lowest BCUT2D eigenvalue weighted by atomic mass is 10.0. The van der Waals surface area contributed by atoms with Crippen molar-refractivity contribution in [3.05, 3.63) is 58.8 Å². The van der Waals surface area contributed by atoms with E-state index in [1.54, 1.807) is 6.92 Å². The van der Waals surface area contributed by atoms with Crippen molar-refractivity contribution in [1.29, 1.82) is 0 Å². The molecule has 1 saturated heterocycles. The van der Waals surface area contributed by atoms with Crippen molar-refractivity contribution in [3.63, 3.8) is 0 Å². The molecule has 0 bridgehead atoms. The summed E-state index contributed by atoms with van der Waals surface area (Å²) in [5.41, 5.74) is 5.03. The number of carbonyl (C=O) groups is 1. The van der Waals surface area contributed by atoms with Gasteiger partial charge in [0, 0.05) is 31.9 Å². The van der Waals surface area contributed by atoms with Crippen LogP contribution in [0.4, 0.5) is 5.82 Å². The molecular formula is C26H35N3O2. The molecule has 2 aliphatic rings. The maximum Gasteiger partial charge on any atom is 0.151 e. The number of rotatable bonds is 9. The number of likely N-dealkylation sites (tertiary alicyclic amines) is 1. The molecule has 31 heavy (non-hydrogen) atoms. The minimum absolute atomic E-state index is 0.151. The highest BCUT2D eigenvalue weighted by molar-refractivity contribution is 5.83. The first-order valence-corrected chi connectivity index (χ1v) is 11.8. The first-order chi connectivity index (χ1) is 15.1. The van der Waals surface area contributed by atoms with E-state index in [1.165, 1.54) is 23.2 Å². The number of pyridine rings is 1. The van der Waals surface area contributed by atoms with Gasteiger partial charge in [-0.15, -0.1) is 0 Å². The number of ketones is 1. The Hall–Kier alpha value is -2.24. The SMILES string of the molecule is CC(=O)[C@H](c1ccccc1)N1CC[C@@H](OCCCCc2cc(C)c3c(n2)NCCC3)C1. The van der Waals surface area contributed by atoms with Gasteiger partial charge in [0.25, 0.3) is 0 Å². The summed E-state index contributed by atoms with van der Waals surface area (Å²) in [4.78, 5) is 19.4. The fraction of sp³-hybridized carbons (Fsp3) is 0.538. The van der Waals surface area contributed by atoms with Gasteiger partial charge in [0.2, 0.25) is 0 Å². The van der Waals surface area contributed by atoms with Gasteiger partial charge in [0.15, 0.2) is 5.78 Å². The van der Waals surface area contributed by atoms with Gasteiger partial charge in [-0.25, -0.2) is 4.98 Å². The largest absolute Gasteiger partial charge is 0.377 e. The zero-order valence-electron chi connectivity index (χ0n) is 18.9. The first-order valence-electron chi connectivity index (χ1n) is 11.8. The van der Waals surface area contributed by atoms with Crippen LogP contribution in [-0.2, 0) is 22.4 Å². The zero-order chi connectivity index (χ0) is 21.6. The van der Waals surface area contributed by atoms with E-state index >= 15 is 0 Å². The summed E-state index contributed by atoms with van der Waals surface area (Å²) in [5, 5.41) is 3.45. The van der Waals surface area contributed by atoms with Crippen molar-refractivity contribution in [2.45, 2.75) is 64.5 Å². The number of hydrogen-bond donors (Lipinski definition) is 1.